The van der Waals surface area contributed by atoms with Crippen LogP contribution < -0.4 is 10.1 Å². The van der Waals surface area contributed by atoms with Crippen molar-refractivity contribution in [2.75, 3.05) is 5.32 Å². The number of rotatable bonds is 5. The third-order valence-electron chi connectivity index (χ3n) is 3.16. The molecule has 5 heteroatoms. The highest BCUT2D eigenvalue weighted by molar-refractivity contribution is 6.05. The van der Waals surface area contributed by atoms with Gasteiger partial charge in [-0.05, 0) is 43.3 Å². The van der Waals surface area contributed by atoms with Crippen LogP contribution in [0.25, 0.3) is 0 Å². The number of carbonyl (C=O) groups excluding carboxylic acids is 3. The molecule has 5 nitrogen and oxygen atoms in total. The van der Waals surface area contributed by atoms with Crippen LogP contribution in [0.4, 0.5) is 5.69 Å². The van der Waals surface area contributed by atoms with E-state index in [-0.39, 0.29) is 24.1 Å². The van der Waals surface area contributed by atoms with Crippen molar-refractivity contribution in [2.45, 2.75) is 20.3 Å². The lowest BCUT2D eigenvalue weighted by molar-refractivity contribution is -0.134. The van der Waals surface area contributed by atoms with E-state index in [0.717, 1.165) is 0 Å². The summed E-state index contributed by atoms with van der Waals surface area (Å²) < 4.78 is 5.05. The topological polar surface area (TPSA) is 72.5 Å². The smallest absolute Gasteiger partial charge is 0.310 e. The predicted molar refractivity (Wildman–Crippen MR) is 86.8 cm³/mol. The summed E-state index contributed by atoms with van der Waals surface area (Å²) in [5.74, 6) is -0.308. The van der Waals surface area contributed by atoms with Crippen LogP contribution in [-0.2, 0) is 4.79 Å². The maximum Gasteiger partial charge on any atom is 0.310 e. The minimum absolute atomic E-state index is 0.0665. The predicted octanol–water partition coefficient (Wildman–Crippen LogP) is 3.46. The number of esters is 1. The van der Waals surface area contributed by atoms with Crippen molar-refractivity contribution in [3.63, 3.8) is 0 Å². The van der Waals surface area contributed by atoms with E-state index in [1.807, 2.05) is 0 Å². The number of hydrogen-bond donors (Lipinski definition) is 1. The summed E-state index contributed by atoms with van der Waals surface area (Å²) in [5.41, 5.74) is 1.50. The van der Waals surface area contributed by atoms with Crippen molar-refractivity contribution in [1.82, 2.24) is 0 Å². The Balaban J connectivity index is 2.07. The van der Waals surface area contributed by atoms with Gasteiger partial charge in [-0.1, -0.05) is 19.1 Å². The molecule has 0 fully saturated rings. The Bertz CT molecular complexity index is 735. The summed E-state index contributed by atoms with van der Waals surface area (Å²) in [6, 6.07) is 13.0. The molecule has 0 aromatic heterocycles. The maximum atomic E-state index is 12.2. The van der Waals surface area contributed by atoms with Gasteiger partial charge in [0.15, 0.2) is 5.78 Å². The Morgan fingerprint density at radius 3 is 2.30 bits per heavy atom. The van der Waals surface area contributed by atoms with Crippen LogP contribution in [0.3, 0.4) is 0 Å². The lowest BCUT2D eigenvalue weighted by Crippen LogP contribution is -2.12. The minimum Gasteiger partial charge on any atom is -0.427 e. The first-order valence-electron chi connectivity index (χ1n) is 7.22. The fourth-order valence-electron chi connectivity index (χ4n) is 1.90. The van der Waals surface area contributed by atoms with Crippen molar-refractivity contribution >= 4 is 23.3 Å². The van der Waals surface area contributed by atoms with Crippen LogP contribution in [0.2, 0.25) is 0 Å². The lowest BCUT2D eigenvalue weighted by atomic mass is 10.1. The van der Waals surface area contributed by atoms with Crippen LogP contribution >= 0.6 is 0 Å². The Morgan fingerprint density at radius 1 is 1.00 bits per heavy atom. The van der Waals surface area contributed by atoms with Gasteiger partial charge in [-0.2, -0.15) is 0 Å². The highest BCUT2D eigenvalue weighted by Crippen LogP contribution is 2.16. The normalized spacial score (nSPS) is 10.0. The fraction of sp³-hybridized carbons (Fsp3) is 0.167. The number of hydrogen-bond acceptors (Lipinski definition) is 4. The van der Waals surface area contributed by atoms with Crippen molar-refractivity contribution in [1.29, 1.82) is 0 Å². The Labute approximate surface area is 134 Å². The van der Waals surface area contributed by atoms with Crippen molar-refractivity contribution in [3.05, 3.63) is 59.7 Å². The summed E-state index contributed by atoms with van der Waals surface area (Å²) in [7, 11) is 0. The van der Waals surface area contributed by atoms with Gasteiger partial charge in [0.05, 0.1) is 0 Å². The molecular formula is C18H17NO4. The van der Waals surface area contributed by atoms with Gasteiger partial charge in [0.2, 0.25) is 0 Å². The highest BCUT2D eigenvalue weighted by atomic mass is 16.5. The molecule has 0 unspecified atom stereocenters. The molecule has 0 saturated carbocycles. The standard InChI is InChI=1S/C18H17NO4/c1-3-17(21)23-16-9-7-13(8-10-16)18(22)19-15-6-4-5-14(11-15)12(2)20/h4-11H,3H2,1-2H3,(H,19,22). The molecule has 118 valence electrons. The van der Waals surface area contributed by atoms with Crippen molar-refractivity contribution < 1.29 is 19.1 Å². The zero-order chi connectivity index (χ0) is 16.8. The van der Waals surface area contributed by atoms with Crippen LogP contribution in [-0.4, -0.2) is 17.7 Å². The molecule has 0 aliphatic carbocycles. The molecule has 0 bridgehead atoms. The second-order valence-electron chi connectivity index (χ2n) is 4.94. The quantitative estimate of drug-likeness (QED) is 0.521. The van der Waals surface area contributed by atoms with Crippen LogP contribution in [0.15, 0.2) is 48.5 Å². The molecule has 2 rings (SSSR count). The third-order valence-corrected chi connectivity index (χ3v) is 3.16. The Morgan fingerprint density at radius 2 is 1.70 bits per heavy atom. The molecule has 1 amide bonds. The van der Waals surface area contributed by atoms with Crippen LogP contribution in [0.5, 0.6) is 5.75 Å². The fourth-order valence-corrected chi connectivity index (χ4v) is 1.90. The van der Waals surface area contributed by atoms with Crippen molar-refractivity contribution in [3.8, 4) is 5.75 Å². The molecule has 23 heavy (non-hydrogen) atoms. The summed E-state index contributed by atoms with van der Waals surface area (Å²) in [4.78, 5) is 34.7. The lowest BCUT2D eigenvalue weighted by Gasteiger charge is -2.07. The third kappa shape index (κ3) is 4.51. The van der Waals surface area contributed by atoms with Gasteiger partial charge in [0.1, 0.15) is 5.75 Å². The van der Waals surface area contributed by atoms with Gasteiger partial charge >= 0.3 is 5.97 Å². The summed E-state index contributed by atoms with van der Waals surface area (Å²) in [5, 5.41) is 2.73. The highest BCUT2D eigenvalue weighted by Gasteiger charge is 2.08. The molecule has 0 saturated heterocycles. The van der Waals surface area contributed by atoms with Gasteiger partial charge in [-0.3, -0.25) is 14.4 Å². The zero-order valence-corrected chi connectivity index (χ0v) is 13.0. The second-order valence-corrected chi connectivity index (χ2v) is 4.94. The van der Waals surface area contributed by atoms with E-state index in [0.29, 0.717) is 22.6 Å². The monoisotopic (exact) mass is 311 g/mol. The maximum absolute atomic E-state index is 12.2. The molecule has 0 aliphatic heterocycles. The molecule has 0 spiro atoms. The van der Waals surface area contributed by atoms with Gasteiger partial charge in [0, 0.05) is 23.2 Å². The average molecular weight is 311 g/mol. The summed E-state index contributed by atoms with van der Waals surface area (Å²) in [6.45, 7) is 3.18. The molecule has 2 aromatic carbocycles. The molecule has 0 atom stereocenters. The van der Waals surface area contributed by atoms with Gasteiger partial charge in [-0.15, -0.1) is 0 Å². The van der Waals surface area contributed by atoms with Gasteiger partial charge < -0.3 is 10.1 Å². The first kappa shape index (κ1) is 16.4. The number of benzene rings is 2. The Hall–Kier alpha value is -2.95. The van der Waals surface area contributed by atoms with E-state index in [1.165, 1.54) is 6.92 Å². The average Bonchev–Trinajstić information content (AvgIpc) is 2.55. The van der Waals surface area contributed by atoms with E-state index in [4.69, 9.17) is 4.74 Å². The second kappa shape index (κ2) is 7.35. The van der Waals surface area contributed by atoms with E-state index in [9.17, 15) is 14.4 Å². The van der Waals surface area contributed by atoms with E-state index < -0.39 is 0 Å². The molecule has 0 heterocycles. The zero-order valence-electron chi connectivity index (χ0n) is 13.0. The number of amides is 1. The molecular weight excluding hydrogens is 294 g/mol. The first-order valence-corrected chi connectivity index (χ1v) is 7.22. The number of Topliss-reactive ketones (excluding diaryl/α,β-unsaturated/α-hetero) is 1. The van der Waals surface area contributed by atoms with Crippen LogP contribution in [0.1, 0.15) is 41.0 Å². The van der Waals surface area contributed by atoms with Crippen molar-refractivity contribution in [2.24, 2.45) is 0 Å². The molecule has 0 radical (unpaired) electrons. The van der Waals surface area contributed by atoms with Crippen LogP contribution in [0, 0.1) is 0 Å². The largest absolute Gasteiger partial charge is 0.427 e. The SMILES string of the molecule is CCC(=O)Oc1ccc(C(=O)Nc2cccc(C(C)=O)c2)cc1. The number of ether oxygens (including phenoxy) is 1. The minimum atomic E-state index is -0.330. The first-order chi connectivity index (χ1) is 11.0. The van der Waals surface area contributed by atoms with E-state index >= 15 is 0 Å². The molecule has 0 aliphatic rings. The number of ketones is 1. The Kier molecular flexibility index (Phi) is 5.25. The summed E-state index contributed by atoms with van der Waals surface area (Å²) >= 11 is 0. The number of nitrogens with one attached hydrogen (secondary N) is 1. The van der Waals surface area contributed by atoms with E-state index in [1.54, 1.807) is 55.5 Å². The van der Waals surface area contributed by atoms with Gasteiger partial charge in [0.25, 0.3) is 5.91 Å². The summed E-state index contributed by atoms with van der Waals surface area (Å²) in [6.07, 6.45) is 0.286. The molecule has 1 N–H and O–H groups in total. The van der Waals surface area contributed by atoms with Gasteiger partial charge in [-0.25, -0.2) is 0 Å². The van der Waals surface area contributed by atoms with E-state index in [2.05, 4.69) is 5.32 Å². The number of carbonyl (C=O) groups is 3. The molecule has 2 aromatic rings. The number of anilines is 1.